The Hall–Kier alpha value is -2.49. The van der Waals surface area contributed by atoms with Crippen LogP contribution in [0, 0.1) is 13.8 Å². The summed E-state index contributed by atoms with van der Waals surface area (Å²) in [4.78, 5) is 0. The molecule has 0 aliphatic rings. The van der Waals surface area contributed by atoms with E-state index in [1.165, 1.54) is 0 Å². The lowest BCUT2D eigenvalue weighted by Gasteiger charge is -2.14. The molecule has 0 aromatic heterocycles. The summed E-state index contributed by atoms with van der Waals surface area (Å²) < 4.78 is 5.92. The molecule has 0 saturated heterocycles. The highest BCUT2D eigenvalue weighted by Crippen LogP contribution is 2.30. The SMILES string of the molecule is Cc1ccccc1Oc1c(C)cccc1/C(N)=N/O. The minimum Gasteiger partial charge on any atom is -0.456 e. The maximum atomic E-state index is 8.83. The molecule has 0 bridgehead atoms. The zero-order valence-electron chi connectivity index (χ0n) is 10.9. The molecule has 98 valence electrons. The number of rotatable bonds is 3. The van der Waals surface area contributed by atoms with Crippen LogP contribution in [0.25, 0.3) is 0 Å². The van der Waals surface area contributed by atoms with Gasteiger partial charge in [-0.2, -0.15) is 0 Å². The zero-order valence-corrected chi connectivity index (χ0v) is 10.9. The summed E-state index contributed by atoms with van der Waals surface area (Å²) in [5.41, 5.74) is 8.20. The lowest BCUT2D eigenvalue weighted by molar-refractivity contribution is 0.318. The van der Waals surface area contributed by atoms with E-state index in [9.17, 15) is 0 Å². The van der Waals surface area contributed by atoms with Crippen molar-refractivity contribution in [1.29, 1.82) is 0 Å². The van der Waals surface area contributed by atoms with E-state index in [-0.39, 0.29) is 5.84 Å². The molecule has 0 heterocycles. The van der Waals surface area contributed by atoms with Crippen molar-refractivity contribution >= 4 is 5.84 Å². The summed E-state index contributed by atoms with van der Waals surface area (Å²) in [6.07, 6.45) is 0. The van der Waals surface area contributed by atoms with Crippen molar-refractivity contribution in [3.8, 4) is 11.5 Å². The lowest BCUT2D eigenvalue weighted by atomic mass is 10.1. The first-order valence-electron chi connectivity index (χ1n) is 5.94. The third kappa shape index (κ3) is 2.68. The van der Waals surface area contributed by atoms with Crippen LogP contribution in [-0.2, 0) is 0 Å². The van der Waals surface area contributed by atoms with Gasteiger partial charge in [0.25, 0.3) is 0 Å². The van der Waals surface area contributed by atoms with E-state index in [0.717, 1.165) is 16.9 Å². The van der Waals surface area contributed by atoms with Gasteiger partial charge in [0.15, 0.2) is 5.84 Å². The maximum absolute atomic E-state index is 8.83. The Kier molecular flexibility index (Phi) is 3.71. The fraction of sp³-hybridized carbons (Fsp3) is 0.133. The van der Waals surface area contributed by atoms with Gasteiger partial charge in [-0.05, 0) is 37.1 Å². The number of ether oxygens (including phenoxy) is 1. The third-order valence-electron chi connectivity index (χ3n) is 2.90. The van der Waals surface area contributed by atoms with E-state index in [4.69, 9.17) is 15.7 Å². The van der Waals surface area contributed by atoms with Crippen molar-refractivity contribution in [3.05, 3.63) is 59.2 Å². The number of hydrogen-bond donors (Lipinski definition) is 2. The van der Waals surface area contributed by atoms with Crippen LogP contribution >= 0.6 is 0 Å². The minimum absolute atomic E-state index is 0.0345. The summed E-state index contributed by atoms with van der Waals surface area (Å²) in [5.74, 6) is 1.39. The largest absolute Gasteiger partial charge is 0.456 e. The Morgan fingerprint density at radius 1 is 1.05 bits per heavy atom. The average molecular weight is 256 g/mol. The molecule has 0 spiro atoms. The summed E-state index contributed by atoms with van der Waals surface area (Å²) in [6.45, 7) is 3.89. The van der Waals surface area contributed by atoms with E-state index in [1.54, 1.807) is 6.07 Å². The number of nitrogens with two attached hydrogens (primary N) is 1. The third-order valence-corrected chi connectivity index (χ3v) is 2.90. The van der Waals surface area contributed by atoms with E-state index >= 15 is 0 Å². The molecule has 0 radical (unpaired) electrons. The highest BCUT2D eigenvalue weighted by atomic mass is 16.5. The van der Waals surface area contributed by atoms with Crippen molar-refractivity contribution < 1.29 is 9.94 Å². The Balaban J connectivity index is 2.48. The number of hydrogen-bond acceptors (Lipinski definition) is 3. The van der Waals surface area contributed by atoms with Crippen LogP contribution in [-0.4, -0.2) is 11.0 Å². The van der Waals surface area contributed by atoms with E-state index < -0.39 is 0 Å². The van der Waals surface area contributed by atoms with Gasteiger partial charge in [-0.1, -0.05) is 35.5 Å². The second-order valence-corrected chi connectivity index (χ2v) is 4.30. The van der Waals surface area contributed by atoms with Crippen LogP contribution in [0.2, 0.25) is 0 Å². The normalized spacial score (nSPS) is 11.4. The molecule has 0 unspecified atom stereocenters. The second kappa shape index (κ2) is 5.44. The topological polar surface area (TPSA) is 67.8 Å². The first-order valence-corrected chi connectivity index (χ1v) is 5.94. The molecule has 3 N–H and O–H groups in total. The predicted molar refractivity (Wildman–Crippen MR) is 74.9 cm³/mol. The number of oxime groups is 1. The van der Waals surface area contributed by atoms with Crippen LogP contribution in [0.1, 0.15) is 16.7 Å². The highest BCUT2D eigenvalue weighted by molar-refractivity contribution is 6.00. The predicted octanol–water partition coefficient (Wildman–Crippen LogP) is 3.19. The second-order valence-electron chi connectivity index (χ2n) is 4.30. The highest BCUT2D eigenvalue weighted by Gasteiger charge is 2.12. The zero-order chi connectivity index (χ0) is 13.8. The van der Waals surface area contributed by atoms with Gasteiger partial charge in [-0.3, -0.25) is 0 Å². The number of para-hydroxylation sites is 2. The maximum Gasteiger partial charge on any atom is 0.173 e. The standard InChI is InChI=1S/C15H16N2O2/c1-10-6-3-4-9-13(10)19-14-11(2)7-5-8-12(14)15(16)17-18/h3-9,18H,1-2H3,(H2,16,17). The Morgan fingerprint density at radius 2 is 1.74 bits per heavy atom. The average Bonchev–Trinajstić information content (AvgIpc) is 2.42. The van der Waals surface area contributed by atoms with Crippen molar-refractivity contribution in [2.75, 3.05) is 0 Å². The van der Waals surface area contributed by atoms with Gasteiger partial charge in [0, 0.05) is 0 Å². The Labute approximate surface area is 112 Å². The molecule has 0 atom stereocenters. The Morgan fingerprint density at radius 3 is 2.42 bits per heavy atom. The van der Waals surface area contributed by atoms with E-state index in [0.29, 0.717) is 11.3 Å². The summed E-state index contributed by atoms with van der Waals surface area (Å²) in [6, 6.07) is 13.2. The van der Waals surface area contributed by atoms with Gasteiger partial charge >= 0.3 is 0 Å². The molecule has 0 aliphatic carbocycles. The number of nitrogens with zero attached hydrogens (tertiary/aromatic N) is 1. The quantitative estimate of drug-likeness (QED) is 0.383. The smallest absolute Gasteiger partial charge is 0.173 e. The van der Waals surface area contributed by atoms with Crippen molar-refractivity contribution in [3.63, 3.8) is 0 Å². The van der Waals surface area contributed by atoms with Gasteiger partial charge < -0.3 is 15.7 Å². The molecular weight excluding hydrogens is 240 g/mol. The molecule has 2 aromatic rings. The number of benzene rings is 2. The molecule has 4 nitrogen and oxygen atoms in total. The van der Waals surface area contributed by atoms with Gasteiger partial charge in [-0.15, -0.1) is 0 Å². The molecule has 0 aliphatic heterocycles. The van der Waals surface area contributed by atoms with Crippen molar-refractivity contribution in [2.45, 2.75) is 13.8 Å². The fourth-order valence-corrected chi connectivity index (χ4v) is 1.82. The van der Waals surface area contributed by atoms with Crippen LogP contribution in [0.4, 0.5) is 0 Å². The van der Waals surface area contributed by atoms with Crippen LogP contribution in [0.5, 0.6) is 11.5 Å². The fourth-order valence-electron chi connectivity index (χ4n) is 1.82. The molecule has 2 aromatic carbocycles. The molecule has 0 saturated carbocycles. The minimum atomic E-state index is 0.0345. The van der Waals surface area contributed by atoms with Gasteiger partial charge in [0.1, 0.15) is 11.5 Å². The van der Waals surface area contributed by atoms with Gasteiger partial charge in [0.2, 0.25) is 0 Å². The monoisotopic (exact) mass is 256 g/mol. The van der Waals surface area contributed by atoms with Crippen LogP contribution < -0.4 is 10.5 Å². The number of amidine groups is 1. The van der Waals surface area contributed by atoms with Crippen LogP contribution in [0.15, 0.2) is 47.6 Å². The summed E-state index contributed by atoms with van der Waals surface area (Å²) in [5, 5.41) is 11.9. The molecule has 4 heteroatoms. The van der Waals surface area contributed by atoms with Gasteiger partial charge in [0.05, 0.1) is 5.56 Å². The van der Waals surface area contributed by atoms with Crippen molar-refractivity contribution in [1.82, 2.24) is 0 Å². The van der Waals surface area contributed by atoms with Crippen LogP contribution in [0.3, 0.4) is 0 Å². The molecule has 0 fully saturated rings. The van der Waals surface area contributed by atoms with E-state index in [2.05, 4.69) is 5.16 Å². The molecule has 2 rings (SSSR count). The van der Waals surface area contributed by atoms with E-state index in [1.807, 2.05) is 50.2 Å². The number of aryl methyl sites for hydroxylation is 2. The molecule has 0 amide bonds. The summed E-state index contributed by atoms with van der Waals surface area (Å²) >= 11 is 0. The van der Waals surface area contributed by atoms with Gasteiger partial charge in [-0.25, -0.2) is 0 Å². The lowest BCUT2D eigenvalue weighted by Crippen LogP contribution is -2.14. The first-order chi connectivity index (χ1) is 9.13. The molecule has 19 heavy (non-hydrogen) atoms. The molecular formula is C15H16N2O2. The Bertz CT molecular complexity index is 621. The van der Waals surface area contributed by atoms with Crippen molar-refractivity contribution in [2.24, 2.45) is 10.9 Å². The summed E-state index contributed by atoms with van der Waals surface area (Å²) in [7, 11) is 0. The first kappa shape index (κ1) is 13.0.